The number of carbonyl (C=O) groups is 1. The molecule has 3 heterocycles. The Labute approximate surface area is 121 Å². The van der Waals surface area contributed by atoms with Crippen LogP contribution in [0.5, 0.6) is 5.88 Å². The highest BCUT2D eigenvalue weighted by Gasteiger charge is 2.27. The molecule has 2 fully saturated rings. The van der Waals surface area contributed by atoms with Gasteiger partial charge in [-0.1, -0.05) is 0 Å². The van der Waals surface area contributed by atoms with Crippen molar-refractivity contribution in [2.45, 2.75) is 12.8 Å². The quantitative estimate of drug-likeness (QED) is 0.761. The number of hydrogen-bond donors (Lipinski definition) is 0. The van der Waals surface area contributed by atoms with E-state index in [1.165, 1.54) is 0 Å². The third-order valence-electron chi connectivity index (χ3n) is 3.50. The van der Waals surface area contributed by atoms with E-state index in [-0.39, 0.29) is 11.9 Å². The van der Waals surface area contributed by atoms with Gasteiger partial charge in [0.05, 0.1) is 30.9 Å². The van der Waals surface area contributed by atoms with Crippen LogP contribution in [-0.4, -0.2) is 54.2 Å². The van der Waals surface area contributed by atoms with Crippen LogP contribution in [0.4, 0.5) is 5.82 Å². The monoisotopic (exact) mass is 299 g/mol. The van der Waals surface area contributed by atoms with Gasteiger partial charge in [-0.3, -0.25) is 4.79 Å². The molecule has 1 aromatic heterocycles. The summed E-state index contributed by atoms with van der Waals surface area (Å²) in [6.07, 6.45) is 1.42. The molecule has 8 heteroatoms. The lowest BCUT2D eigenvalue weighted by molar-refractivity contribution is -0.142. The minimum Gasteiger partial charge on any atom is -0.402 e. The Hall–Kier alpha value is -1.25. The van der Waals surface area contributed by atoms with Crippen LogP contribution in [0.15, 0.2) is 0 Å². The maximum atomic E-state index is 12.1. The Bertz CT molecular complexity index is 455. The lowest BCUT2D eigenvalue weighted by Gasteiger charge is -2.27. The van der Waals surface area contributed by atoms with E-state index in [1.54, 1.807) is 0 Å². The average molecular weight is 299 g/mol. The standard InChI is InChI=1S/C12H17N3O4S/c16-12(9-1-5-17-6-2-9)19-11-10(13-20-14-11)15-3-7-18-8-4-15/h9H,1-8H2. The van der Waals surface area contributed by atoms with Crippen molar-refractivity contribution < 1.29 is 19.0 Å². The molecule has 0 amide bonds. The van der Waals surface area contributed by atoms with Gasteiger partial charge in [0, 0.05) is 26.3 Å². The zero-order valence-electron chi connectivity index (χ0n) is 11.1. The van der Waals surface area contributed by atoms with Crippen molar-refractivity contribution in [2.75, 3.05) is 44.4 Å². The first-order valence-electron chi connectivity index (χ1n) is 6.79. The average Bonchev–Trinajstić information content (AvgIpc) is 2.97. The van der Waals surface area contributed by atoms with E-state index in [2.05, 4.69) is 8.75 Å². The molecule has 0 radical (unpaired) electrons. The fourth-order valence-corrected chi connectivity index (χ4v) is 2.83. The summed E-state index contributed by atoms with van der Waals surface area (Å²) in [6.45, 7) is 4.03. The van der Waals surface area contributed by atoms with Crippen molar-refractivity contribution in [2.24, 2.45) is 5.92 Å². The Morgan fingerprint density at radius 3 is 2.60 bits per heavy atom. The number of ether oxygens (including phenoxy) is 3. The molecular weight excluding hydrogens is 282 g/mol. The summed E-state index contributed by atoms with van der Waals surface area (Å²) in [7, 11) is 0. The summed E-state index contributed by atoms with van der Waals surface area (Å²) in [4.78, 5) is 14.2. The van der Waals surface area contributed by atoms with Crippen LogP contribution >= 0.6 is 11.7 Å². The van der Waals surface area contributed by atoms with Crippen molar-refractivity contribution in [3.8, 4) is 5.88 Å². The SMILES string of the molecule is O=C(Oc1nsnc1N1CCOCC1)C1CCOCC1. The molecule has 2 aliphatic rings. The summed E-state index contributed by atoms with van der Waals surface area (Å²) < 4.78 is 24.3. The molecule has 7 nitrogen and oxygen atoms in total. The normalized spacial score (nSPS) is 20.9. The molecule has 110 valence electrons. The van der Waals surface area contributed by atoms with Gasteiger partial charge in [-0.25, -0.2) is 0 Å². The van der Waals surface area contributed by atoms with E-state index < -0.39 is 0 Å². The molecule has 2 aliphatic heterocycles. The summed E-state index contributed by atoms with van der Waals surface area (Å²) >= 11 is 1.06. The van der Waals surface area contributed by atoms with Gasteiger partial charge < -0.3 is 19.1 Å². The number of hydrogen-bond acceptors (Lipinski definition) is 8. The third kappa shape index (κ3) is 3.08. The molecule has 0 unspecified atom stereocenters. The van der Waals surface area contributed by atoms with E-state index in [1.807, 2.05) is 4.90 Å². The number of anilines is 1. The molecule has 0 aliphatic carbocycles. The van der Waals surface area contributed by atoms with Gasteiger partial charge in [-0.2, -0.15) is 4.37 Å². The van der Waals surface area contributed by atoms with Crippen LogP contribution < -0.4 is 9.64 Å². The molecule has 1 aromatic rings. The third-order valence-corrected chi connectivity index (χ3v) is 4.01. The molecular formula is C12H17N3O4S. The Morgan fingerprint density at radius 2 is 1.85 bits per heavy atom. The molecule has 0 spiro atoms. The van der Waals surface area contributed by atoms with Crippen LogP contribution in [0.2, 0.25) is 0 Å². The van der Waals surface area contributed by atoms with Crippen LogP contribution in [0.3, 0.4) is 0 Å². The first-order chi connectivity index (χ1) is 9.84. The van der Waals surface area contributed by atoms with Gasteiger partial charge in [-0.15, -0.1) is 4.37 Å². The zero-order valence-corrected chi connectivity index (χ0v) is 11.9. The van der Waals surface area contributed by atoms with Gasteiger partial charge in [0.15, 0.2) is 0 Å². The molecule has 0 N–H and O–H groups in total. The molecule has 0 atom stereocenters. The maximum Gasteiger partial charge on any atom is 0.315 e. The van der Waals surface area contributed by atoms with Crippen LogP contribution in [-0.2, 0) is 14.3 Å². The topological polar surface area (TPSA) is 73.8 Å². The van der Waals surface area contributed by atoms with E-state index in [4.69, 9.17) is 14.2 Å². The first-order valence-corrected chi connectivity index (χ1v) is 7.52. The lowest BCUT2D eigenvalue weighted by atomic mass is 10.0. The van der Waals surface area contributed by atoms with Gasteiger partial charge in [0.1, 0.15) is 0 Å². The van der Waals surface area contributed by atoms with Gasteiger partial charge in [0.25, 0.3) is 5.88 Å². The van der Waals surface area contributed by atoms with Crippen molar-refractivity contribution in [3.05, 3.63) is 0 Å². The summed E-state index contributed by atoms with van der Waals surface area (Å²) in [5.74, 6) is 0.658. The number of esters is 1. The van der Waals surface area contributed by atoms with Crippen molar-refractivity contribution in [1.82, 2.24) is 8.75 Å². The number of aromatic nitrogens is 2. The summed E-state index contributed by atoms with van der Waals surface area (Å²) in [6, 6.07) is 0. The van der Waals surface area contributed by atoms with Crippen LogP contribution in [0, 0.1) is 5.92 Å². The number of morpholine rings is 1. The van der Waals surface area contributed by atoms with Crippen LogP contribution in [0.25, 0.3) is 0 Å². The number of nitrogens with zero attached hydrogens (tertiary/aromatic N) is 3. The molecule has 2 saturated heterocycles. The fourth-order valence-electron chi connectivity index (χ4n) is 2.32. The second-order valence-corrected chi connectivity index (χ2v) is 5.33. The largest absolute Gasteiger partial charge is 0.402 e. The van der Waals surface area contributed by atoms with Crippen molar-refractivity contribution in [1.29, 1.82) is 0 Å². The number of carbonyl (C=O) groups excluding carboxylic acids is 1. The Balaban J connectivity index is 1.65. The van der Waals surface area contributed by atoms with Gasteiger partial charge in [-0.05, 0) is 12.8 Å². The van der Waals surface area contributed by atoms with E-state index in [9.17, 15) is 4.79 Å². The highest BCUT2D eigenvalue weighted by atomic mass is 32.1. The van der Waals surface area contributed by atoms with Gasteiger partial charge >= 0.3 is 5.97 Å². The number of rotatable bonds is 3. The molecule has 0 bridgehead atoms. The first kappa shape index (κ1) is 13.7. The molecule has 0 aromatic carbocycles. The highest BCUT2D eigenvalue weighted by molar-refractivity contribution is 6.99. The highest BCUT2D eigenvalue weighted by Crippen LogP contribution is 2.28. The molecule has 20 heavy (non-hydrogen) atoms. The minimum atomic E-state index is -0.226. The van der Waals surface area contributed by atoms with E-state index in [0.717, 1.165) is 24.8 Å². The lowest BCUT2D eigenvalue weighted by Crippen LogP contribution is -2.37. The van der Waals surface area contributed by atoms with Gasteiger partial charge in [0.2, 0.25) is 5.82 Å². The predicted molar refractivity (Wildman–Crippen MR) is 72.1 cm³/mol. The Kier molecular flexibility index (Phi) is 4.44. The molecule has 3 rings (SSSR count). The zero-order chi connectivity index (χ0) is 13.8. The second-order valence-electron chi connectivity index (χ2n) is 4.80. The van der Waals surface area contributed by atoms with Crippen molar-refractivity contribution >= 4 is 23.5 Å². The molecule has 0 saturated carbocycles. The summed E-state index contributed by atoms with van der Waals surface area (Å²) in [5.41, 5.74) is 0. The van der Waals surface area contributed by atoms with E-state index in [0.29, 0.717) is 51.0 Å². The van der Waals surface area contributed by atoms with Crippen LogP contribution in [0.1, 0.15) is 12.8 Å². The second kappa shape index (κ2) is 6.47. The summed E-state index contributed by atoms with van der Waals surface area (Å²) in [5, 5.41) is 0. The van der Waals surface area contributed by atoms with Crippen molar-refractivity contribution in [3.63, 3.8) is 0 Å². The Morgan fingerprint density at radius 1 is 1.15 bits per heavy atom. The minimum absolute atomic E-state index is 0.0945. The maximum absolute atomic E-state index is 12.1. The van der Waals surface area contributed by atoms with E-state index >= 15 is 0 Å². The predicted octanol–water partition coefficient (Wildman–Crippen LogP) is 0.707. The smallest absolute Gasteiger partial charge is 0.315 e. The fraction of sp³-hybridized carbons (Fsp3) is 0.750.